The Kier molecular flexibility index (Phi) is 9.71. The van der Waals surface area contributed by atoms with Crippen LogP contribution in [0.25, 0.3) is 0 Å². The minimum atomic E-state index is -0.149. The Hall–Kier alpha value is -1.81. The van der Waals surface area contributed by atoms with E-state index in [0.717, 1.165) is 36.4 Å². The first kappa shape index (κ1) is 26.3. The van der Waals surface area contributed by atoms with E-state index in [-0.39, 0.29) is 17.7 Å². The Bertz CT molecular complexity index is 1000. The van der Waals surface area contributed by atoms with Crippen molar-refractivity contribution in [1.82, 2.24) is 20.2 Å². The fourth-order valence-corrected chi connectivity index (χ4v) is 6.41. The summed E-state index contributed by atoms with van der Waals surface area (Å²) in [5.74, 6) is 1.62. The van der Waals surface area contributed by atoms with E-state index in [1.54, 1.807) is 0 Å². The minimum Gasteiger partial charge on any atom is -0.494 e. The molecule has 2 amide bonds. The topological polar surface area (TPSA) is 90.2 Å². The summed E-state index contributed by atoms with van der Waals surface area (Å²) in [5.41, 5.74) is 1.67. The second-order valence-electron chi connectivity index (χ2n) is 9.43. The predicted molar refractivity (Wildman–Crippen MR) is 141 cm³/mol. The summed E-state index contributed by atoms with van der Waals surface area (Å²) >= 11 is 6.88. The second-order valence-corrected chi connectivity index (χ2v) is 10.7. The third-order valence-electron chi connectivity index (χ3n) is 6.84. The molecule has 0 bridgehead atoms. The fraction of sp³-hybridized carbons (Fsp3) is 0.640. The molecule has 2 aliphatic rings. The largest absolute Gasteiger partial charge is 0.494 e. The van der Waals surface area contributed by atoms with Gasteiger partial charge in [-0.2, -0.15) is 0 Å². The van der Waals surface area contributed by atoms with Crippen LogP contribution in [-0.2, 0) is 22.4 Å². The van der Waals surface area contributed by atoms with Gasteiger partial charge in [0.1, 0.15) is 5.75 Å². The molecule has 190 valence electrons. The number of amides is 2. The highest BCUT2D eigenvalue weighted by molar-refractivity contribution is 9.09. The predicted octanol–water partition coefficient (Wildman–Crippen LogP) is 5.18. The van der Waals surface area contributed by atoms with Gasteiger partial charge in [-0.3, -0.25) is 14.5 Å². The van der Waals surface area contributed by atoms with Crippen LogP contribution in [-0.4, -0.2) is 49.3 Å². The zero-order chi connectivity index (χ0) is 24.6. The summed E-state index contributed by atoms with van der Waals surface area (Å²) in [6.45, 7) is 0.601. The highest BCUT2D eigenvalue weighted by Gasteiger charge is 2.30. The van der Waals surface area contributed by atoms with Crippen molar-refractivity contribution in [2.75, 3.05) is 22.2 Å². The van der Waals surface area contributed by atoms with Gasteiger partial charge < -0.3 is 4.74 Å². The quantitative estimate of drug-likeness (QED) is 0.257. The number of carbonyl (C=O) groups excluding carboxylic acids is 2. The molecule has 2 heterocycles. The van der Waals surface area contributed by atoms with Gasteiger partial charge in [-0.1, -0.05) is 51.1 Å². The van der Waals surface area contributed by atoms with Crippen LogP contribution in [0.15, 0.2) is 18.2 Å². The van der Waals surface area contributed by atoms with Gasteiger partial charge in [0.25, 0.3) is 0 Å². The van der Waals surface area contributed by atoms with E-state index < -0.39 is 0 Å². The molecule has 1 saturated carbocycles. The number of aryl methyl sites for hydroxylation is 2. The molecule has 8 nitrogen and oxygen atoms in total. The molecule has 0 spiro atoms. The molecule has 0 N–H and O–H groups in total. The van der Waals surface area contributed by atoms with Crippen molar-refractivity contribution in [2.24, 2.45) is 5.92 Å². The summed E-state index contributed by atoms with van der Waals surface area (Å²) in [5, 5.41) is 13.8. The molecule has 35 heavy (non-hydrogen) atoms. The maximum Gasteiger partial charge on any atom is 0.234 e. The average Bonchev–Trinajstić information content (AvgIpc) is 3.36. The molecular weight excluding hydrogens is 578 g/mol. The van der Waals surface area contributed by atoms with Crippen LogP contribution in [0.4, 0.5) is 5.69 Å². The smallest absolute Gasteiger partial charge is 0.234 e. The first-order chi connectivity index (χ1) is 17.1. The van der Waals surface area contributed by atoms with E-state index in [4.69, 9.17) is 4.74 Å². The Labute approximate surface area is 223 Å². The molecule has 1 fully saturated rings. The first-order valence-corrected chi connectivity index (χ1v) is 14.8. The lowest BCUT2D eigenvalue weighted by Gasteiger charge is -2.29. The van der Waals surface area contributed by atoms with Crippen molar-refractivity contribution in [2.45, 2.75) is 76.7 Å². The number of halogens is 2. The molecule has 0 saturated heterocycles. The lowest BCUT2D eigenvalue weighted by Crippen LogP contribution is -2.41. The normalized spacial score (nSPS) is 16.5. The van der Waals surface area contributed by atoms with E-state index in [1.165, 1.54) is 37.0 Å². The average molecular weight is 611 g/mol. The number of rotatable bonds is 11. The monoisotopic (exact) mass is 609 g/mol. The van der Waals surface area contributed by atoms with Gasteiger partial charge in [-0.05, 0) is 72.2 Å². The van der Waals surface area contributed by atoms with Crippen molar-refractivity contribution in [1.29, 1.82) is 0 Å². The molecule has 4 rings (SSSR count). The van der Waals surface area contributed by atoms with Crippen LogP contribution in [0.3, 0.4) is 0 Å². The fourth-order valence-electron chi connectivity index (χ4n) is 4.88. The van der Waals surface area contributed by atoms with Gasteiger partial charge in [0, 0.05) is 29.9 Å². The zero-order valence-electron chi connectivity index (χ0n) is 20.0. The third kappa shape index (κ3) is 6.70. The number of imide groups is 1. The number of hydrogen-bond acceptors (Lipinski definition) is 6. The van der Waals surface area contributed by atoms with Crippen LogP contribution < -0.4 is 9.64 Å². The molecule has 10 heteroatoms. The number of nitrogens with zero attached hydrogens (tertiary/aromatic N) is 5. The van der Waals surface area contributed by atoms with Crippen LogP contribution in [0.5, 0.6) is 5.75 Å². The molecule has 1 aliphatic heterocycles. The Morgan fingerprint density at radius 2 is 1.91 bits per heavy atom. The van der Waals surface area contributed by atoms with Gasteiger partial charge in [0.15, 0.2) is 5.82 Å². The SMILES string of the molecule is O=C1CCc2cc(OCCCCc3nnnn3C3CCCCC3)ccc2N1C(=O)CC(CBr)CBr. The number of anilines is 1. The Balaban J connectivity index is 1.28. The van der Waals surface area contributed by atoms with Gasteiger partial charge in [0.05, 0.1) is 18.3 Å². The maximum atomic E-state index is 12.9. The van der Waals surface area contributed by atoms with E-state index >= 15 is 0 Å². The number of hydrogen-bond donors (Lipinski definition) is 0. The molecule has 2 aromatic rings. The molecule has 1 aromatic carbocycles. The molecule has 0 radical (unpaired) electrons. The number of alkyl halides is 2. The number of aromatic nitrogens is 4. The van der Waals surface area contributed by atoms with Gasteiger partial charge in [0.2, 0.25) is 11.8 Å². The second kappa shape index (κ2) is 12.9. The zero-order valence-corrected chi connectivity index (χ0v) is 23.2. The van der Waals surface area contributed by atoms with Gasteiger partial charge in [-0.25, -0.2) is 4.68 Å². The van der Waals surface area contributed by atoms with E-state index in [0.29, 0.717) is 48.3 Å². The van der Waals surface area contributed by atoms with Gasteiger partial charge >= 0.3 is 0 Å². The standard InChI is InChI=1S/C25H33Br2N5O3/c26-16-18(17-27)14-25(34)31-22-11-10-21(15-19(22)9-12-24(31)33)35-13-5-4-8-23-28-29-30-32(23)20-6-2-1-3-7-20/h10-11,15,18,20H,1-9,12-14,16-17H2. The van der Waals surface area contributed by atoms with Crippen LogP contribution >= 0.6 is 31.9 Å². The van der Waals surface area contributed by atoms with E-state index in [2.05, 4.69) is 47.4 Å². The summed E-state index contributed by atoms with van der Waals surface area (Å²) in [7, 11) is 0. The van der Waals surface area contributed by atoms with Crippen LogP contribution in [0.2, 0.25) is 0 Å². The van der Waals surface area contributed by atoms with Gasteiger partial charge in [-0.15, -0.1) is 5.10 Å². The first-order valence-electron chi connectivity index (χ1n) is 12.6. The number of benzene rings is 1. The number of tetrazole rings is 1. The van der Waals surface area contributed by atoms with Crippen molar-refractivity contribution >= 4 is 49.4 Å². The third-order valence-corrected chi connectivity index (χ3v) is 8.67. The van der Waals surface area contributed by atoms with Crippen molar-refractivity contribution in [3.63, 3.8) is 0 Å². The van der Waals surface area contributed by atoms with E-state index in [1.807, 2.05) is 22.9 Å². The number of fused-ring (bicyclic) bond motifs is 1. The minimum absolute atomic E-state index is 0.130. The number of ether oxygens (including phenoxy) is 1. The van der Waals surface area contributed by atoms with Crippen LogP contribution in [0.1, 0.15) is 75.2 Å². The molecular formula is C25H33Br2N5O3. The molecule has 1 aliphatic carbocycles. The summed E-state index contributed by atoms with van der Waals surface area (Å²) in [6.07, 6.45) is 10.2. The highest BCUT2D eigenvalue weighted by atomic mass is 79.9. The molecule has 1 aromatic heterocycles. The lowest BCUT2D eigenvalue weighted by atomic mass is 9.95. The van der Waals surface area contributed by atoms with Crippen LogP contribution in [0, 0.1) is 5.92 Å². The van der Waals surface area contributed by atoms with E-state index in [9.17, 15) is 9.59 Å². The number of carbonyl (C=O) groups is 2. The number of unbranched alkanes of at least 4 members (excludes halogenated alkanes) is 1. The maximum absolute atomic E-state index is 12.9. The molecule has 0 unspecified atom stereocenters. The molecule has 0 atom stereocenters. The van der Waals surface area contributed by atoms with Crippen molar-refractivity contribution in [3.8, 4) is 5.75 Å². The lowest BCUT2D eigenvalue weighted by molar-refractivity contribution is -0.127. The summed E-state index contributed by atoms with van der Waals surface area (Å²) in [6, 6.07) is 6.12. The Morgan fingerprint density at radius 3 is 2.69 bits per heavy atom. The van der Waals surface area contributed by atoms with Crippen molar-refractivity contribution in [3.05, 3.63) is 29.6 Å². The highest BCUT2D eigenvalue weighted by Crippen LogP contribution is 2.32. The summed E-state index contributed by atoms with van der Waals surface area (Å²) in [4.78, 5) is 26.8. The van der Waals surface area contributed by atoms with Crippen molar-refractivity contribution < 1.29 is 14.3 Å². The Morgan fingerprint density at radius 1 is 1.11 bits per heavy atom. The summed E-state index contributed by atoms with van der Waals surface area (Å²) < 4.78 is 8.04.